The molecular formula is C5H2BrCl3N2. The standard InChI is InChI=1S/C5H2BrCl3N2/c6-2-1-10-5(3(7)8)11-4(2)9/h1,3H. The van der Waals surface area contributed by atoms with E-state index in [9.17, 15) is 0 Å². The SMILES string of the molecule is Clc1nc(C(Cl)Cl)ncc1Br. The number of halogens is 4. The fourth-order valence-electron chi connectivity index (χ4n) is 0.464. The number of nitrogens with zero attached hydrogens (tertiary/aromatic N) is 2. The lowest BCUT2D eigenvalue weighted by molar-refractivity contribution is 1.00. The Labute approximate surface area is 87.0 Å². The van der Waals surface area contributed by atoms with Crippen LogP contribution in [0.3, 0.4) is 0 Å². The van der Waals surface area contributed by atoms with Gasteiger partial charge in [-0.2, -0.15) is 0 Å². The molecule has 11 heavy (non-hydrogen) atoms. The van der Waals surface area contributed by atoms with E-state index in [1.165, 1.54) is 6.20 Å². The van der Waals surface area contributed by atoms with Crippen LogP contribution in [0.2, 0.25) is 5.15 Å². The molecule has 0 N–H and O–H groups in total. The summed E-state index contributed by atoms with van der Waals surface area (Å²) in [6.45, 7) is 0. The van der Waals surface area contributed by atoms with Gasteiger partial charge in [0.05, 0.1) is 4.47 Å². The summed E-state index contributed by atoms with van der Waals surface area (Å²) in [5, 5.41) is 0.307. The van der Waals surface area contributed by atoms with Gasteiger partial charge >= 0.3 is 0 Å². The lowest BCUT2D eigenvalue weighted by atomic mass is 10.6. The van der Waals surface area contributed by atoms with E-state index in [4.69, 9.17) is 34.8 Å². The van der Waals surface area contributed by atoms with E-state index in [0.717, 1.165) is 0 Å². The van der Waals surface area contributed by atoms with Gasteiger partial charge in [0, 0.05) is 6.20 Å². The first-order valence-corrected chi connectivity index (χ1v) is 4.61. The molecular weight excluding hydrogens is 274 g/mol. The van der Waals surface area contributed by atoms with Crippen molar-refractivity contribution in [1.82, 2.24) is 9.97 Å². The summed E-state index contributed by atoms with van der Waals surface area (Å²) in [5.74, 6) is 0.307. The van der Waals surface area contributed by atoms with Crippen molar-refractivity contribution in [2.24, 2.45) is 0 Å². The van der Waals surface area contributed by atoms with E-state index in [2.05, 4.69) is 25.9 Å². The maximum absolute atomic E-state index is 5.64. The summed E-state index contributed by atoms with van der Waals surface area (Å²) < 4.78 is 0.622. The third-order valence-electron chi connectivity index (χ3n) is 0.915. The number of alkyl halides is 2. The van der Waals surface area contributed by atoms with Gasteiger partial charge < -0.3 is 0 Å². The van der Waals surface area contributed by atoms with Crippen molar-refractivity contribution < 1.29 is 0 Å². The molecule has 2 nitrogen and oxygen atoms in total. The first kappa shape index (κ1) is 9.52. The molecule has 1 aromatic heterocycles. The van der Waals surface area contributed by atoms with E-state index >= 15 is 0 Å². The first-order valence-electron chi connectivity index (χ1n) is 2.57. The minimum Gasteiger partial charge on any atom is -0.237 e. The van der Waals surface area contributed by atoms with Crippen LogP contribution in [0.15, 0.2) is 10.7 Å². The summed E-state index contributed by atoms with van der Waals surface area (Å²) in [7, 11) is 0. The molecule has 6 heteroatoms. The van der Waals surface area contributed by atoms with Gasteiger partial charge in [-0.3, -0.25) is 0 Å². The quantitative estimate of drug-likeness (QED) is 0.580. The molecule has 0 atom stereocenters. The van der Waals surface area contributed by atoms with Crippen molar-refractivity contribution >= 4 is 50.7 Å². The predicted octanol–water partition coefficient (Wildman–Crippen LogP) is 3.37. The van der Waals surface area contributed by atoms with Crippen LogP contribution in [0.5, 0.6) is 0 Å². The van der Waals surface area contributed by atoms with E-state index in [-0.39, 0.29) is 0 Å². The molecule has 0 saturated carbocycles. The van der Waals surface area contributed by atoms with Crippen LogP contribution in [-0.4, -0.2) is 9.97 Å². The average molecular weight is 276 g/mol. The van der Waals surface area contributed by atoms with Crippen LogP contribution in [-0.2, 0) is 0 Å². The molecule has 0 aliphatic heterocycles. The van der Waals surface area contributed by atoms with Crippen LogP contribution in [0.25, 0.3) is 0 Å². The molecule has 0 aliphatic rings. The highest BCUT2D eigenvalue weighted by Crippen LogP contribution is 2.25. The van der Waals surface area contributed by atoms with E-state index in [0.29, 0.717) is 15.5 Å². The fraction of sp³-hybridized carbons (Fsp3) is 0.200. The molecule has 0 aromatic carbocycles. The smallest absolute Gasteiger partial charge is 0.167 e. The minimum atomic E-state index is -0.736. The number of rotatable bonds is 1. The number of hydrogen-bond acceptors (Lipinski definition) is 2. The highest BCUT2D eigenvalue weighted by Gasteiger charge is 2.08. The minimum absolute atomic E-state index is 0.307. The van der Waals surface area contributed by atoms with E-state index in [1.54, 1.807) is 0 Å². The van der Waals surface area contributed by atoms with Gasteiger partial charge in [0.25, 0.3) is 0 Å². The van der Waals surface area contributed by atoms with Crippen molar-refractivity contribution in [2.45, 2.75) is 4.84 Å². The van der Waals surface area contributed by atoms with E-state index in [1.807, 2.05) is 0 Å². The number of aromatic nitrogens is 2. The van der Waals surface area contributed by atoms with Gasteiger partial charge in [-0.05, 0) is 15.9 Å². The Balaban J connectivity index is 3.05. The van der Waals surface area contributed by atoms with Crippen LogP contribution in [0.4, 0.5) is 0 Å². The average Bonchev–Trinajstić information content (AvgIpc) is 1.94. The Morgan fingerprint density at radius 1 is 1.45 bits per heavy atom. The largest absolute Gasteiger partial charge is 0.237 e. The molecule has 0 amide bonds. The lowest BCUT2D eigenvalue weighted by Gasteiger charge is -1.99. The Morgan fingerprint density at radius 3 is 2.55 bits per heavy atom. The van der Waals surface area contributed by atoms with Crippen molar-refractivity contribution in [3.05, 3.63) is 21.6 Å². The Kier molecular flexibility index (Phi) is 3.37. The van der Waals surface area contributed by atoms with E-state index < -0.39 is 4.84 Å². The number of hydrogen-bond donors (Lipinski definition) is 0. The second-order valence-electron chi connectivity index (χ2n) is 1.67. The summed E-state index contributed by atoms with van der Waals surface area (Å²) in [4.78, 5) is 6.91. The first-order chi connectivity index (χ1) is 5.11. The Bertz CT molecular complexity index is 266. The zero-order valence-corrected chi connectivity index (χ0v) is 8.91. The second-order valence-corrected chi connectivity index (χ2v) is 3.98. The van der Waals surface area contributed by atoms with Crippen molar-refractivity contribution in [2.75, 3.05) is 0 Å². The van der Waals surface area contributed by atoms with Gasteiger partial charge in [-0.15, -0.1) is 0 Å². The van der Waals surface area contributed by atoms with Gasteiger partial charge in [0.2, 0.25) is 0 Å². The molecule has 0 aliphatic carbocycles. The van der Waals surface area contributed by atoms with Gasteiger partial charge in [-0.25, -0.2) is 9.97 Å². The topological polar surface area (TPSA) is 25.8 Å². The third-order valence-corrected chi connectivity index (χ3v) is 2.40. The zero-order valence-electron chi connectivity index (χ0n) is 5.06. The molecule has 0 radical (unpaired) electrons. The van der Waals surface area contributed by atoms with Crippen LogP contribution >= 0.6 is 50.7 Å². The molecule has 0 fully saturated rings. The maximum Gasteiger partial charge on any atom is 0.167 e. The molecule has 0 saturated heterocycles. The summed E-state index contributed by atoms with van der Waals surface area (Å²) in [6, 6.07) is 0. The zero-order chi connectivity index (χ0) is 8.43. The van der Waals surface area contributed by atoms with Crippen LogP contribution in [0, 0.1) is 0 Å². The lowest BCUT2D eigenvalue weighted by Crippen LogP contribution is -1.93. The van der Waals surface area contributed by atoms with Gasteiger partial charge in [0.1, 0.15) is 5.15 Å². The Morgan fingerprint density at radius 2 is 2.09 bits per heavy atom. The maximum atomic E-state index is 5.64. The van der Waals surface area contributed by atoms with Crippen molar-refractivity contribution in [1.29, 1.82) is 0 Å². The second kappa shape index (κ2) is 3.90. The molecule has 1 rings (SSSR count). The highest BCUT2D eigenvalue weighted by molar-refractivity contribution is 9.10. The monoisotopic (exact) mass is 274 g/mol. The third kappa shape index (κ3) is 2.44. The normalized spacial score (nSPS) is 10.6. The molecule has 1 heterocycles. The molecule has 1 aromatic rings. The highest BCUT2D eigenvalue weighted by atomic mass is 79.9. The molecule has 0 unspecified atom stereocenters. The molecule has 0 bridgehead atoms. The summed E-state index contributed by atoms with van der Waals surface area (Å²) in [6.07, 6.45) is 1.50. The molecule has 60 valence electrons. The van der Waals surface area contributed by atoms with Crippen molar-refractivity contribution in [3.63, 3.8) is 0 Å². The van der Waals surface area contributed by atoms with Crippen LogP contribution in [0.1, 0.15) is 10.7 Å². The predicted molar refractivity (Wildman–Crippen MR) is 49.2 cm³/mol. The van der Waals surface area contributed by atoms with Gasteiger partial charge in [0.15, 0.2) is 10.7 Å². The Hall–Kier alpha value is 0.430. The fourth-order valence-corrected chi connectivity index (χ4v) is 1.00. The van der Waals surface area contributed by atoms with Crippen molar-refractivity contribution in [3.8, 4) is 0 Å². The summed E-state index contributed by atoms with van der Waals surface area (Å²) >= 11 is 19.8. The summed E-state index contributed by atoms with van der Waals surface area (Å²) in [5.41, 5.74) is 0. The van der Waals surface area contributed by atoms with Gasteiger partial charge in [-0.1, -0.05) is 34.8 Å². The molecule has 0 spiro atoms. The van der Waals surface area contributed by atoms with Crippen LogP contribution < -0.4 is 0 Å².